The van der Waals surface area contributed by atoms with E-state index in [0.29, 0.717) is 6.04 Å². The molecule has 0 radical (unpaired) electrons. The Hall–Kier alpha value is -1.35. The van der Waals surface area contributed by atoms with Gasteiger partial charge in [0.15, 0.2) is 0 Å². The molecule has 1 aromatic rings. The second-order valence-corrected chi connectivity index (χ2v) is 6.09. The van der Waals surface area contributed by atoms with E-state index in [0.717, 1.165) is 38.0 Å². The number of hydrogen-bond acceptors (Lipinski definition) is 2. The third kappa shape index (κ3) is 2.88. The Morgan fingerprint density at radius 3 is 3.00 bits per heavy atom. The lowest BCUT2D eigenvalue weighted by Crippen LogP contribution is -2.36. The molecule has 1 atom stereocenters. The first kappa shape index (κ1) is 13.6. The largest absolute Gasteiger partial charge is 0.314 e. The molecule has 2 heterocycles. The summed E-state index contributed by atoms with van der Waals surface area (Å²) in [6.07, 6.45) is 7.25. The van der Waals surface area contributed by atoms with Crippen LogP contribution in [0.5, 0.6) is 0 Å². The van der Waals surface area contributed by atoms with Crippen LogP contribution in [0.25, 0.3) is 0 Å². The molecule has 2 aliphatic heterocycles. The van der Waals surface area contributed by atoms with Crippen LogP contribution in [0.15, 0.2) is 18.2 Å². The molecule has 1 aromatic carbocycles. The maximum absolute atomic E-state index is 11.7. The Kier molecular flexibility index (Phi) is 4.06. The lowest BCUT2D eigenvalue weighted by molar-refractivity contribution is -0.116. The topological polar surface area (TPSA) is 32.3 Å². The number of carbonyl (C=O) groups excluding carboxylic acids is 1. The fraction of sp³-hybridized carbons (Fsp3) is 0.588. The van der Waals surface area contributed by atoms with Crippen LogP contribution in [0.2, 0.25) is 0 Å². The number of nitrogens with zero attached hydrogens (tertiary/aromatic N) is 1. The minimum Gasteiger partial charge on any atom is -0.314 e. The fourth-order valence-electron chi connectivity index (χ4n) is 3.49. The Morgan fingerprint density at radius 2 is 2.25 bits per heavy atom. The minimum atomic E-state index is 0.160. The number of aryl methyl sites for hydroxylation is 1. The quantitative estimate of drug-likeness (QED) is 0.897. The van der Waals surface area contributed by atoms with E-state index in [2.05, 4.69) is 23.5 Å². The van der Waals surface area contributed by atoms with Crippen molar-refractivity contribution < 1.29 is 4.79 Å². The zero-order valence-corrected chi connectivity index (χ0v) is 12.3. The Labute approximate surface area is 121 Å². The second kappa shape index (κ2) is 5.96. The molecule has 1 unspecified atom stereocenters. The predicted octanol–water partition coefficient (Wildman–Crippen LogP) is 2.67. The van der Waals surface area contributed by atoms with Crippen molar-refractivity contribution in [3.05, 3.63) is 29.3 Å². The van der Waals surface area contributed by atoms with Crippen molar-refractivity contribution in [2.75, 3.05) is 18.0 Å². The SMILES string of the molecule is CC(=O)N1CCCc2cc(CC3CCCCN3)ccc21. The van der Waals surface area contributed by atoms with Crippen molar-refractivity contribution in [2.24, 2.45) is 0 Å². The maximum atomic E-state index is 11.7. The van der Waals surface area contributed by atoms with Crippen LogP contribution < -0.4 is 10.2 Å². The lowest BCUT2D eigenvalue weighted by atomic mass is 9.94. The van der Waals surface area contributed by atoms with E-state index >= 15 is 0 Å². The van der Waals surface area contributed by atoms with Gasteiger partial charge in [0.2, 0.25) is 5.91 Å². The van der Waals surface area contributed by atoms with Crippen molar-refractivity contribution in [2.45, 2.75) is 51.5 Å². The van der Waals surface area contributed by atoms with Crippen LogP contribution >= 0.6 is 0 Å². The van der Waals surface area contributed by atoms with E-state index in [-0.39, 0.29) is 5.91 Å². The number of anilines is 1. The monoisotopic (exact) mass is 272 g/mol. The van der Waals surface area contributed by atoms with Crippen LogP contribution in [0.4, 0.5) is 5.69 Å². The number of rotatable bonds is 2. The van der Waals surface area contributed by atoms with E-state index < -0.39 is 0 Å². The molecule has 20 heavy (non-hydrogen) atoms. The standard InChI is InChI=1S/C17H24N2O/c1-13(20)19-10-4-5-15-11-14(7-8-17(15)19)12-16-6-2-3-9-18-16/h7-8,11,16,18H,2-6,9-10,12H2,1H3. The van der Waals surface area contributed by atoms with Crippen LogP contribution in [0.3, 0.4) is 0 Å². The highest BCUT2D eigenvalue weighted by atomic mass is 16.2. The van der Waals surface area contributed by atoms with Crippen molar-refractivity contribution >= 4 is 11.6 Å². The summed E-state index contributed by atoms with van der Waals surface area (Å²) in [6.45, 7) is 3.69. The Balaban J connectivity index is 1.76. The van der Waals surface area contributed by atoms with Gasteiger partial charge in [0, 0.05) is 25.2 Å². The van der Waals surface area contributed by atoms with E-state index in [1.807, 2.05) is 4.90 Å². The number of carbonyl (C=O) groups is 1. The highest BCUT2D eigenvalue weighted by Crippen LogP contribution is 2.28. The van der Waals surface area contributed by atoms with E-state index in [1.165, 1.54) is 30.4 Å². The molecule has 3 nitrogen and oxygen atoms in total. The van der Waals surface area contributed by atoms with Gasteiger partial charge in [0.25, 0.3) is 0 Å². The first-order valence-electron chi connectivity index (χ1n) is 7.87. The van der Waals surface area contributed by atoms with Gasteiger partial charge in [-0.1, -0.05) is 18.6 Å². The molecule has 3 heteroatoms. The van der Waals surface area contributed by atoms with E-state index in [9.17, 15) is 4.79 Å². The molecule has 1 saturated heterocycles. The van der Waals surface area contributed by atoms with Crippen LogP contribution in [0, 0.1) is 0 Å². The number of nitrogens with one attached hydrogen (secondary N) is 1. The molecule has 3 rings (SSSR count). The van der Waals surface area contributed by atoms with Crippen molar-refractivity contribution in [1.82, 2.24) is 5.32 Å². The third-order valence-electron chi connectivity index (χ3n) is 4.54. The third-order valence-corrected chi connectivity index (χ3v) is 4.54. The van der Waals surface area contributed by atoms with Gasteiger partial charge in [-0.15, -0.1) is 0 Å². The van der Waals surface area contributed by atoms with Gasteiger partial charge >= 0.3 is 0 Å². The molecular weight excluding hydrogens is 248 g/mol. The Morgan fingerprint density at radius 1 is 1.35 bits per heavy atom. The lowest BCUT2D eigenvalue weighted by Gasteiger charge is -2.29. The highest BCUT2D eigenvalue weighted by molar-refractivity contribution is 5.92. The summed E-state index contributed by atoms with van der Waals surface area (Å²) < 4.78 is 0. The summed E-state index contributed by atoms with van der Waals surface area (Å²) in [5, 5.41) is 3.61. The predicted molar refractivity (Wildman–Crippen MR) is 82.1 cm³/mol. The number of hydrogen-bond donors (Lipinski definition) is 1. The molecule has 2 aliphatic rings. The Bertz CT molecular complexity index is 492. The van der Waals surface area contributed by atoms with Gasteiger partial charge in [0.1, 0.15) is 0 Å². The van der Waals surface area contributed by atoms with Gasteiger partial charge in [-0.25, -0.2) is 0 Å². The summed E-state index contributed by atoms with van der Waals surface area (Å²) in [6, 6.07) is 7.31. The zero-order chi connectivity index (χ0) is 13.9. The molecule has 0 aromatic heterocycles. The van der Waals surface area contributed by atoms with E-state index in [1.54, 1.807) is 6.92 Å². The van der Waals surface area contributed by atoms with Crippen LogP contribution in [-0.2, 0) is 17.6 Å². The summed E-state index contributed by atoms with van der Waals surface area (Å²) in [4.78, 5) is 13.6. The molecule has 1 fully saturated rings. The average molecular weight is 272 g/mol. The molecule has 108 valence electrons. The maximum Gasteiger partial charge on any atom is 0.223 e. The normalized spacial score (nSPS) is 22.4. The number of amides is 1. The summed E-state index contributed by atoms with van der Waals surface area (Å²) in [7, 11) is 0. The van der Waals surface area contributed by atoms with Gasteiger partial charge in [0.05, 0.1) is 0 Å². The van der Waals surface area contributed by atoms with E-state index in [4.69, 9.17) is 0 Å². The molecule has 0 bridgehead atoms. The zero-order valence-electron chi connectivity index (χ0n) is 12.3. The molecule has 0 aliphatic carbocycles. The number of piperidine rings is 1. The minimum absolute atomic E-state index is 0.160. The van der Waals surface area contributed by atoms with Gasteiger partial charge < -0.3 is 10.2 Å². The highest BCUT2D eigenvalue weighted by Gasteiger charge is 2.20. The first-order valence-corrected chi connectivity index (χ1v) is 7.87. The van der Waals surface area contributed by atoms with Crippen LogP contribution in [-0.4, -0.2) is 25.0 Å². The van der Waals surface area contributed by atoms with Gasteiger partial charge in [-0.3, -0.25) is 4.79 Å². The number of fused-ring (bicyclic) bond motifs is 1. The molecule has 1 N–H and O–H groups in total. The first-order chi connectivity index (χ1) is 9.74. The summed E-state index contributed by atoms with van der Waals surface area (Å²) in [5.41, 5.74) is 3.89. The smallest absolute Gasteiger partial charge is 0.223 e. The average Bonchev–Trinajstić information content (AvgIpc) is 2.47. The molecule has 1 amide bonds. The molecule has 0 spiro atoms. The number of benzene rings is 1. The van der Waals surface area contributed by atoms with Crippen molar-refractivity contribution in [3.63, 3.8) is 0 Å². The fourth-order valence-corrected chi connectivity index (χ4v) is 3.49. The van der Waals surface area contributed by atoms with Crippen LogP contribution in [0.1, 0.15) is 43.7 Å². The van der Waals surface area contributed by atoms with Crippen molar-refractivity contribution in [1.29, 1.82) is 0 Å². The summed E-state index contributed by atoms with van der Waals surface area (Å²) in [5.74, 6) is 0.160. The summed E-state index contributed by atoms with van der Waals surface area (Å²) >= 11 is 0. The van der Waals surface area contributed by atoms with Crippen molar-refractivity contribution in [3.8, 4) is 0 Å². The molecular formula is C17H24N2O. The molecule has 0 saturated carbocycles. The second-order valence-electron chi connectivity index (χ2n) is 6.09. The van der Waals surface area contributed by atoms with Gasteiger partial charge in [-0.2, -0.15) is 0 Å². The van der Waals surface area contributed by atoms with Gasteiger partial charge in [-0.05, 0) is 55.8 Å².